The Bertz CT molecular complexity index is 637. The first kappa shape index (κ1) is 13.6. The number of carboxylic acid groups (broad SMARTS) is 1. The second kappa shape index (κ2) is 4.60. The van der Waals surface area contributed by atoms with Crippen LogP contribution in [0.25, 0.3) is 0 Å². The molecule has 0 aromatic carbocycles. The summed E-state index contributed by atoms with van der Waals surface area (Å²) >= 11 is 0. The number of aliphatic carboxylic acids is 1. The maximum Gasteiger partial charge on any atom is 0.308 e. The average molecular weight is 298 g/mol. The van der Waals surface area contributed by atoms with Crippen LogP contribution in [-0.2, 0) is 21.9 Å². The Hall–Kier alpha value is -1.34. The minimum atomic E-state index is -3.65. The van der Waals surface area contributed by atoms with E-state index < -0.39 is 28.0 Å². The molecule has 0 aliphatic heterocycles. The third-order valence-corrected chi connectivity index (χ3v) is 6.05. The predicted octanol–water partition coefficient (Wildman–Crippen LogP) is 0.803. The molecule has 0 spiro atoms. The summed E-state index contributed by atoms with van der Waals surface area (Å²) in [5.74, 6) is -1.22. The normalized spacial score (nSPS) is 32.6. The van der Waals surface area contributed by atoms with Gasteiger partial charge in [-0.25, -0.2) is 13.1 Å². The van der Waals surface area contributed by atoms with Gasteiger partial charge in [-0.2, -0.15) is 0 Å². The van der Waals surface area contributed by atoms with E-state index in [4.69, 9.17) is 0 Å². The van der Waals surface area contributed by atoms with Crippen molar-refractivity contribution >= 4 is 16.0 Å². The molecule has 4 atom stereocenters. The van der Waals surface area contributed by atoms with E-state index in [0.29, 0.717) is 0 Å². The molecule has 1 heterocycles. The molecule has 2 aliphatic rings. The molecule has 2 fully saturated rings. The zero-order valence-electron chi connectivity index (χ0n) is 11.2. The van der Waals surface area contributed by atoms with Gasteiger partial charge in [-0.15, -0.1) is 0 Å². The number of aromatic nitrogens is 1. The van der Waals surface area contributed by atoms with Crippen molar-refractivity contribution in [3.63, 3.8) is 0 Å². The van der Waals surface area contributed by atoms with Gasteiger partial charge < -0.3 is 9.67 Å². The zero-order valence-corrected chi connectivity index (χ0v) is 12.0. The summed E-state index contributed by atoms with van der Waals surface area (Å²) in [6.07, 6.45) is 5.80. The second-order valence-corrected chi connectivity index (χ2v) is 7.57. The summed E-state index contributed by atoms with van der Waals surface area (Å²) in [5.41, 5.74) is 0. The van der Waals surface area contributed by atoms with Gasteiger partial charge in [-0.3, -0.25) is 4.79 Å². The summed E-state index contributed by atoms with van der Waals surface area (Å²) in [4.78, 5) is 11.6. The lowest BCUT2D eigenvalue weighted by Gasteiger charge is -2.28. The number of sulfonamides is 1. The van der Waals surface area contributed by atoms with Crippen LogP contribution in [0, 0.1) is 17.8 Å². The summed E-state index contributed by atoms with van der Waals surface area (Å²) in [7, 11) is -1.90. The Balaban J connectivity index is 1.85. The molecule has 7 heteroatoms. The molecule has 3 rings (SSSR count). The van der Waals surface area contributed by atoms with Gasteiger partial charge in [0.05, 0.1) is 10.8 Å². The molecule has 2 saturated carbocycles. The van der Waals surface area contributed by atoms with Gasteiger partial charge in [-0.1, -0.05) is 0 Å². The van der Waals surface area contributed by atoms with Crippen molar-refractivity contribution in [2.45, 2.75) is 30.2 Å². The van der Waals surface area contributed by atoms with Crippen LogP contribution >= 0.6 is 0 Å². The van der Waals surface area contributed by atoms with E-state index in [1.54, 1.807) is 17.8 Å². The maximum atomic E-state index is 12.3. The summed E-state index contributed by atoms with van der Waals surface area (Å²) < 4.78 is 28.9. The topological polar surface area (TPSA) is 88.4 Å². The summed E-state index contributed by atoms with van der Waals surface area (Å²) in [5, 5.41) is 9.34. The molecule has 4 unspecified atom stereocenters. The van der Waals surface area contributed by atoms with Gasteiger partial charge in [0.25, 0.3) is 0 Å². The highest BCUT2D eigenvalue weighted by atomic mass is 32.2. The first-order valence-electron chi connectivity index (χ1n) is 6.75. The van der Waals surface area contributed by atoms with E-state index in [-0.39, 0.29) is 16.7 Å². The molecule has 1 aromatic heterocycles. The van der Waals surface area contributed by atoms with Crippen molar-refractivity contribution in [2.75, 3.05) is 0 Å². The molecule has 110 valence electrons. The van der Waals surface area contributed by atoms with Crippen LogP contribution in [0.2, 0.25) is 0 Å². The Morgan fingerprint density at radius 1 is 1.40 bits per heavy atom. The second-order valence-electron chi connectivity index (χ2n) is 5.86. The minimum absolute atomic E-state index is 0.112. The number of hydrogen-bond donors (Lipinski definition) is 2. The van der Waals surface area contributed by atoms with E-state index in [1.807, 2.05) is 0 Å². The molecule has 2 aliphatic carbocycles. The van der Waals surface area contributed by atoms with Gasteiger partial charge in [0, 0.05) is 25.5 Å². The van der Waals surface area contributed by atoms with Crippen LogP contribution in [0.4, 0.5) is 0 Å². The number of carbonyl (C=O) groups is 1. The van der Waals surface area contributed by atoms with Crippen LogP contribution in [-0.4, -0.2) is 30.1 Å². The lowest BCUT2D eigenvalue weighted by Crippen LogP contribution is -2.46. The third-order valence-electron chi connectivity index (χ3n) is 4.61. The highest BCUT2D eigenvalue weighted by Crippen LogP contribution is 2.48. The quantitative estimate of drug-likeness (QED) is 0.860. The third kappa shape index (κ3) is 2.14. The lowest BCUT2D eigenvalue weighted by atomic mass is 9.85. The van der Waals surface area contributed by atoms with E-state index in [0.717, 1.165) is 19.3 Å². The molecule has 0 radical (unpaired) electrons. The first-order chi connectivity index (χ1) is 9.38. The number of nitrogens with zero attached hydrogens (tertiary/aromatic N) is 1. The number of aryl methyl sites for hydroxylation is 1. The number of rotatable bonds is 4. The van der Waals surface area contributed by atoms with Crippen molar-refractivity contribution in [3.05, 3.63) is 18.5 Å². The fourth-order valence-corrected chi connectivity index (χ4v) is 5.08. The van der Waals surface area contributed by atoms with Crippen LogP contribution in [0.1, 0.15) is 19.3 Å². The Labute approximate surface area is 117 Å². The Morgan fingerprint density at radius 3 is 2.70 bits per heavy atom. The Morgan fingerprint density at radius 2 is 2.10 bits per heavy atom. The monoisotopic (exact) mass is 298 g/mol. The standard InChI is InChI=1S/C13H18N2O4S/c1-15-5-4-10(7-15)20(18,19)14-12-9-3-2-8(6-9)11(12)13(16)17/h4-5,7-9,11-12,14H,2-3,6H2,1H3,(H,16,17). The molecule has 0 amide bonds. The van der Waals surface area contributed by atoms with Crippen molar-refractivity contribution in [1.29, 1.82) is 0 Å². The number of hydrogen-bond acceptors (Lipinski definition) is 3. The van der Waals surface area contributed by atoms with Crippen molar-refractivity contribution in [1.82, 2.24) is 9.29 Å². The van der Waals surface area contributed by atoms with E-state index in [1.165, 1.54) is 12.3 Å². The number of fused-ring (bicyclic) bond motifs is 2. The molecule has 2 bridgehead atoms. The smallest absolute Gasteiger partial charge is 0.308 e. The van der Waals surface area contributed by atoms with Crippen molar-refractivity contribution in [2.24, 2.45) is 24.8 Å². The van der Waals surface area contributed by atoms with Gasteiger partial charge in [0.15, 0.2) is 0 Å². The first-order valence-corrected chi connectivity index (χ1v) is 8.24. The fourth-order valence-electron chi connectivity index (χ4n) is 3.70. The van der Waals surface area contributed by atoms with Gasteiger partial charge in [-0.05, 0) is 37.2 Å². The lowest BCUT2D eigenvalue weighted by molar-refractivity contribution is -0.144. The maximum absolute atomic E-state index is 12.3. The zero-order chi connectivity index (χ0) is 14.5. The van der Waals surface area contributed by atoms with E-state index >= 15 is 0 Å². The predicted molar refractivity (Wildman–Crippen MR) is 71.5 cm³/mol. The molecular weight excluding hydrogens is 280 g/mol. The number of carboxylic acids is 1. The Kier molecular flexibility index (Phi) is 3.13. The average Bonchev–Trinajstić information content (AvgIpc) is 3.02. The van der Waals surface area contributed by atoms with Gasteiger partial charge in [0.1, 0.15) is 0 Å². The molecule has 1 aromatic rings. The van der Waals surface area contributed by atoms with Gasteiger partial charge >= 0.3 is 5.97 Å². The largest absolute Gasteiger partial charge is 0.481 e. The molecule has 20 heavy (non-hydrogen) atoms. The fraction of sp³-hybridized carbons (Fsp3) is 0.615. The molecule has 2 N–H and O–H groups in total. The van der Waals surface area contributed by atoms with Crippen molar-refractivity contribution in [3.8, 4) is 0 Å². The van der Waals surface area contributed by atoms with E-state index in [2.05, 4.69) is 4.72 Å². The highest BCUT2D eigenvalue weighted by molar-refractivity contribution is 7.89. The van der Waals surface area contributed by atoms with E-state index in [9.17, 15) is 18.3 Å². The molecule has 0 saturated heterocycles. The van der Waals surface area contributed by atoms with Crippen LogP contribution < -0.4 is 4.72 Å². The van der Waals surface area contributed by atoms with Crippen LogP contribution in [0.15, 0.2) is 23.4 Å². The van der Waals surface area contributed by atoms with Crippen LogP contribution in [0.5, 0.6) is 0 Å². The highest BCUT2D eigenvalue weighted by Gasteiger charge is 2.52. The van der Waals surface area contributed by atoms with Crippen LogP contribution in [0.3, 0.4) is 0 Å². The summed E-state index contributed by atoms with van der Waals surface area (Å²) in [6, 6.07) is 1.04. The summed E-state index contributed by atoms with van der Waals surface area (Å²) in [6.45, 7) is 0. The van der Waals surface area contributed by atoms with Crippen molar-refractivity contribution < 1.29 is 18.3 Å². The molecule has 6 nitrogen and oxygen atoms in total. The van der Waals surface area contributed by atoms with Gasteiger partial charge in [0.2, 0.25) is 10.0 Å². The molecular formula is C13H18N2O4S. The number of nitrogens with one attached hydrogen (secondary N) is 1. The minimum Gasteiger partial charge on any atom is -0.481 e. The SMILES string of the molecule is Cn1ccc(S(=O)(=O)NC2C3CCC(C3)C2C(=O)O)c1.